The minimum Gasteiger partial charge on any atom is -0.510 e. The largest absolute Gasteiger partial charge is 0.510 e. The second kappa shape index (κ2) is 21.8. The summed E-state index contributed by atoms with van der Waals surface area (Å²) in [7, 11) is 0. The molecule has 0 aliphatic carbocycles. The Kier molecular flexibility index (Phi) is 8.97. The fraction of sp³-hybridized carbons (Fsp3) is 0.0526. The van der Waals surface area contributed by atoms with E-state index < -0.39 is 121 Å². The standard InChI is InChI=1S/C76H54N4O.Pt/c1-76(2,3)62-40-41-77-74(48-62)80-70-35-17-16-32-68(70)69-39-38-65(50-73(69)80)81-64-31-20-30-63(49-64)78-51-79(72-37-19-18-36-71(72)78)75-66(60-44-56(52-22-8-4-9-23-52)42-57(45-60)53-24-10-5-11-25-53)33-21-34-67(75)61-46-58(54-26-12-6-13-27-54)43-59(47-61)55-28-14-7-15-29-55;/h4-48H,1-3H3;/q-2;/i4D,5D,6D,7D,8D,9D,10D,11D,12D,13D,14D,15D,22D,23D,24D,25D,26D,27D,28D,29D;. The van der Waals surface area contributed by atoms with Crippen LogP contribution in [0.5, 0.6) is 11.5 Å². The summed E-state index contributed by atoms with van der Waals surface area (Å²) in [6.45, 7) is 6.43. The van der Waals surface area contributed by atoms with E-state index in [1.54, 1.807) is 63.9 Å². The first-order valence-electron chi connectivity index (χ1n) is 35.9. The van der Waals surface area contributed by atoms with Gasteiger partial charge in [-0.1, -0.05) is 208 Å². The third kappa shape index (κ3) is 9.84. The molecule has 82 heavy (non-hydrogen) atoms. The zero-order valence-corrected chi connectivity index (χ0v) is 46.2. The van der Waals surface area contributed by atoms with Gasteiger partial charge in [-0.3, -0.25) is 4.57 Å². The average molecular weight is 1250 g/mol. The van der Waals surface area contributed by atoms with E-state index in [-0.39, 0.29) is 105 Å². The minimum atomic E-state index is -0.678. The number of hydrogen-bond acceptors (Lipinski definition) is 2. The van der Waals surface area contributed by atoms with Crippen molar-refractivity contribution < 1.29 is 57.8 Å². The quantitative estimate of drug-likeness (QED) is 0.0956. The van der Waals surface area contributed by atoms with Crippen LogP contribution in [0.4, 0.5) is 0 Å². The van der Waals surface area contributed by atoms with Gasteiger partial charge in [-0.25, -0.2) is 4.98 Å². The van der Waals surface area contributed by atoms with Crippen molar-refractivity contribution in [1.82, 2.24) is 14.1 Å². The summed E-state index contributed by atoms with van der Waals surface area (Å²) in [4.78, 5) is 4.83. The predicted octanol–water partition coefficient (Wildman–Crippen LogP) is 18.9. The van der Waals surface area contributed by atoms with Crippen LogP contribution >= 0.6 is 0 Å². The van der Waals surface area contributed by atoms with Crippen molar-refractivity contribution >= 4 is 32.8 Å². The van der Waals surface area contributed by atoms with Crippen molar-refractivity contribution in [3.63, 3.8) is 0 Å². The Labute approximate surface area is 521 Å². The molecule has 0 aliphatic heterocycles. The molecular weight excluding hydrogens is 1180 g/mol. The molecule has 0 bridgehead atoms. The van der Waals surface area contributed by atoms with Crippen molar-refractivity contribution in [3.8, 4) is 95.5 Å². The van der Waals surface area contributed by atoms with Gasteiger partial charge in [0, 0.05) is 44.3 Å². The first kappa shape index (κ1) is 33.8. The number of pyridine rings is 1. The Morgan fingerprint density at radius 2 is 0.963 bits per heavy atom. The number of aromatic nitrogens is 4. The van der Waals surface area contributed by atoms with Crippen LogP contribution in [0, 0.1) is 18.5 Å². The van der Waals surface area contributed by atoms with E-state index in [4.69, 9.17) is 26.2 Å². The van der Waals surface area contributed by atoms with Crippen molar-refractivity contribution in [1.29, 1.82) is 0 Å². The topological polar surface area (TPSA) is 35.9 Å². The SMILES string of the molecule is [2H]c1c([2H])c([2H])c(-c2cc(-c3cccc(-c4cc(-c5c([2H])c([2H])c([2H])c([2H])c5[2H])cc(-c5c([2H])c([2H])c([2H])c([2H])c5[2H])c4)c3-[n+]3[c-]n(-c4[c-]c(Oc5[c-]c6c(cc5)c5ccccc5n6-c5cc(C(C)(C)C)ccn5)ccc4)c4ccccc43)cc(-c3c([2H])c([2H])c([2H])c([2H])c3[2H])c2)c([2H])c1[2H].[Pt]. The van der Waals surface area contributed by atoms with Crippen molar-refractivity contribution in [2.45, 2.75) is 26.2 Å². The molecule has 5 nitrogen and oxygen atoms in total. The summed E-state index contributed by atoms with van der Waals surface area (Å²) >= 11 is 0. The van der Waals surface area contributed by atoms with Gasteiger partial charge in [0.1, 0.15) is 5.82 Å². The van der Waals surface area contributed by atoms with Crippen LogP contribution in [0.15, 0.2) is 273 Å². The van der Waals surface area contributed by atoms with E-state index in [0.29, 0.717) is 28.3 Å². The first-order chi connectivity index (χ1) is 48.0. The summed E-state index contributed by atoms with van der Waals surface area (Å²) in [5.74, 6) is 1.34. The molecular formula is C76H54N4OPt-2. The van der Waals surface area contributed by atoms with E-state index in [9.17, 15) is 11.0 Å². The number of hydrogen-bond donors (Lipinski definition) is 0. The predicted molar refractivity (Wildman–Crippen MR) is 331 cm³/mol. The molecule has 0 saturated carbocycles. The van der Waals surface area contributed by atoms with Crippen LogP contribution in [0.2, 0.25) is 0 Å². The van der Waals surface area contributed by atoms with E-state index in [1.165, 1.54) is 36.4 Å². The Morgan fingerprint density at radius 3 is 1.52 bits per heavy atom. The molecule has 11 aromatic carbocycles. The smallest absolute Gasteiger partial charge is 0.268 e. The Bertz CT molecular complexity index is 5410. The van der Waals surface area contributed by atoms with Crippen molar-refractivity contribution in [3.05, 3.63) is 297 Å². The molecule has 3 heterocycles. The molecule has 0 amide bonds. The number of imidazole rings is 1. The van der Waals surface area contributed by atoms with Gasteiger partial charge in [-0.15, -0.1) is 29.7 Å². The number of fused-ring (bicyclic) bond motifs is 4. The number of benzene rings is 11. The van der Waals surface area contributed by atoms with Gasteiger partial charge in [-0.2, -0.15) is 18.2 Å². The zero-order chi connectivity index (χ0) is 71.8. The molecule has 0 unspecified atom stereocenters. The van der Waals surface area contributed by atoms with Crippen LogP contribution in [0.3, 0.4) is 0 Å². The van der Waals surface area contributed by atoms with Crippen LogP contribution in [-0.2, 0) is 26.5 Å². The maximum Gasteiger partial charge on any atom is 0.268 e. The average Bonchev–Trinajstić information content (AvgIpc) is 1.30. The van der Waals surface area contributed by atoms with Gasteiger partial charge in [0.25, 0.3) is 6.33 Å². The van der Waals surface area contributed by atoms with Crippen LogP contribution in [0.25, 0.3) is 117 Å². The summed E-state index contributed by atoms with van der Waals surface area (Å²) in [5.41, 5.74) is 3.89. The monoisotopic (exact) mass is 1250 g/mol. The van der Waals surface area contributed by atoms with E-state index in [1.807, 2.05) is 54.6 Å². The molecule has 0 fully saturated rings. The maximum atomic E-state index is 9.23. The number of ether oxygens (including phenoxy) is 1. The number of rotatable bonds is 11. The second-order valence-corrected chi connectivity index (χ2v) is 20.2. The van der Waals surface area contributed by atoms with Crippen LogP contribution < -0.4 is 9.30 Å². The molecule has 14 rings (SSSR count). The molecule has 0 N–H and O–H groups in total. The fourth-order valence-corrected chi connectivity index (χ4v) is 10.3. The molecule has 14 aromatic rings. The molecule has 0 atom stereocenters. The second-order valence-electron chi connectivity index (χ2n) is 20.2. The normalized spacial score (nSPS) is 14.9. The molecule has 0 saturated heterocycles. The third-order valence-electron chi connectivity index (χ3n) is 14.1. The van der Waals surface area contributed by atoms with Crippen molar-refractivity contribution in [2.75, 3.05) is 0 Å². The zero-order valence-electron chi connectivity index (χ0n) is 63.9. The Hall–Kier alpha value is -9.67. The molecule has 0 spiro atoms. The molecule has 0 radical (unpaired) electrons. The summed E-state index contributed by atoms with van der Waals surface area (Å²) in [6, 6.07) is 36.5. The summed E-state index contributed by atoms with van der Waals surface area (Å²) in [5, 5.41) is 1.91. The number of nitrogens with zero attached hydrogens (tertiary/aromatic N) is 4. The van der Waals surface area contributed by atoms with E-state index in [2.05, 4.69) is 49.9 Å². The van der Waals surface area contributed by atoms with Crippen molar-refractivity contribution in [2.24, 2.45) is 0 Å². The molecule has 6 heteroatoms. The van der Waals surface area contributed by atoms with E-state index >= 15 is 0 Å². The molecule has 3 aromatic heterocycles. The maximum absolute atomic E-state index is 9.23. The number of para-hydroxylation sites is 4. The van der Waals surface area contributed by atoms with E-state index in [0.717, 1.165) is 27.4 Å². The summed E-state index contributed by atoms with van der Waals surface area (Å²) in [6.07, 6.45) is 5.36. The van der Waals surface area contributed by atoms with Gasteiger partial charge in [0.2, 0.25) is 0 Å². The van der Waals surface area contributed by atoms with Gasteiger partial charge in [0.05, 0.1) is 44.1 Å². The fourth-order valence-electron chi connectivity index (χ4n) is 10.3. The third-order valence-corrected chi connectivity index (χ3v) is 14.1. The van der Waals surface area contributed by atoms with Gasteiger partial charge in [-0.05, 0) is 143 Å². The molecule has 396 valence electrons. The van der Waals surface area contributed by atoms with Gasteiger partial charge < -0.3 is 13.9 Å². The minimum absolute atomic E-state index is 0. The van der Waals surface area contributed by atoms with Crippen LogP contribution in [-0.4, -0.2) is 14.1 Å². The Morgan fingerprint density at radius 1 is 0.463 bits per heavy atom. The summed E-state index contributed by atoms with van der Waals surface area (Å²) < 4.78 is 190. The van der Waals surface area contributed by atoms with Crippen LogP contribution in [0.1, 0.15) is 53.7 Å². The van der Waals surface area contributed by atoms with Gasteiger partial charge in [0.15, 0.2) is 0 Å². The first-order valence-corrected chi connectivity index (χ1v) is 25.9. The molecule has 0 aliphatic rings. The Balaban J connectivity index is 0.00000928. The van der Waals surface area contributed by atoms with Gasteiger partial charge >= 0.3 is 0 Å².